The molecule has 3 rings (SSSR count). The molecule has 0 fully saturated rings. The molecule has 0 radical (unpaired) electrons. The Morgan fingerprint density at radius 1 is 0.968 bits per heavy atom. The summed E-state index contributed by atoms with van der Waals surface area (Å²) in [6.07, 6.45) is 0. The van der Waals surface area contributed by atoms with Crippen molar-refractivity contribution in [2.75, 3.05) is 11.9 Å². The van der Waals surface area contributed by atoms with Crippen molar-refractivity contribution in [3.05, 3.63) is 87.9 Å². The zero-order valence-electron chi connectivity index (χ0n) is 18.4. The number of nitrogens with one attached hydrogen (secondary N) is 1. The monoisotopic (exact) mass is 481 g/mol. The minimum atomic E-state index is -0.189. The van der Waals surface area contributed by atoms with E-state index >= 15 is 0 Å². The fraction of sp³-hybridized carbons (Fsp3) is 0.269. The van der Waals surface area contributed by atoms with Gasteiger partial charge in [-0.3, -0.25) is 4.79 Å². The number of hydrogen-bond acceptors (Lipinski definition) is 3. The first-order valence-electron chi connectivity index (χ1n) is 10.3. The van der Waals surface area contributed by atoms with E-state index in [0.29, 0.717) is 24.5 Å². The average Bonchev–Trinajstić information content (AvgIpc) is 2.74. The minimum absolute atomic E-state index is 0.0934. The van der Waals surface area contributed by atoms with E-state index in [1.54, 1.807) is 6.07 Å². The lowest BCUT2D eigenvalue weighted by Gasteiger charge is -2.19. The van der Waals surface area contributed by atoms with E-state index in [4.69, 9.17) is 9.47 Å². The van der Waals surface area contributed by atoms with E-state index in [1.165, 1.54) is 5.56 Å². The molecule has 31 heavy (non-hydrogen) atoms. The maximum absolute atomic E-state index is 12.8. The summed E-state index contributed by atoms with van der Waals surface area (Å²) in [5.41, 5.74) is 3.43. The Morgan fingerprint density at radius 2 is 1.68 bits per heavy atom. The Morgan fingerprint density at radius 3 is 2.32 bits per heavy atom. The van der Waals surface area contributed by atoms with Crippen molar-refractivity contribution < 1.29 is 14.3 Å². The molecule has 0 aliphatic heterocycles. The molecule has 3 aromatic rings. The number of ether oxygens (including phenoxy) is 2. The predicted octanol–water partition coefficient (Wildman–Crippen LogP) is 6.98. The summed E-state index contributed by atoms with van der Waals surface area (Å²) in [4.78, 5) is 12.8. The van der Waals surface area contributed by atoms with Crippen LogP contribution in [-0.4, -0.2) is 12.5 Å². The van der Waals surface area contributed by atoms with Crippen molar-refractivity contribution in [2.24, 2.45) is 0 Å². The van der Waals surface area contributed by atoms with Crippen LogP contribution in [-0.2, 0) is 12.0 Å². The summed E-state index contributed by atoms with van der Waals surface area (Å²) in [6, 6.07) is 21.0. The molecule has 4 nitrogen and oxygen atoms in total. The van der Waals surface area contributed by atoms with Gasteiger partial charge < -0.3 is 14.8 Å². The van der Waals surface area contributed by atoms with Crippen LogP contribution in [0.3, 0.4) is 0 Å². The Kier molecular flexibility index (Phi) is 7.39. The molecule has 1 amide bonds. The normalized spacial score (nSPS) is 11.1. The number of amides is 1. The van der Waals surface area contributed by atoms with E-state index in [1.807, 2.05) is 55.5 Å². The number of rotatable bonds is 7. The van der Waals surface area contributed by atoms with Crippen LogP contribution in [0.1, 0.15) is 49.2 Å². The zero-order valence-corrected chi connectivity index (χ0v) is 20.0. The predicted molar refractivity (Wildman–Crippen MR) is 129 cm³/mol. The molecule has 0 spiro atoms. The number of anilines is 1. The number of benzene rings is 3. The smallest absolute Gasteiger partial charge is 0.255 e. The maximum atomic E-state index is 12.8. The van der Waals surface area contributed by atoms with Crippen LogP contribution in [0.15, 0.2) is 71.2 Å². The molecule has 0 saturated carbocycles. The van der Waals surface area contributed by atoms with Gasteiger partial charge in [0.15, 0.2) is 0 Å². The van der Waals surface area contributed by atoms with E-state index < -0.39 is 0 Å². The molecule has 5 heteroatoms. The second kappa shape index (κ2) is 10.0. The molecule has 0 heterocycles. The number of carbonyl (C=O) groups excluding carboxylic acids is 1. The largest absolute Gasteiger partial charge is 0.493 e. The summed E-state index contributed by atoms with van der Waals surface area (Å²) < 4.78 is 12.6. The summed E-state index contributed by atoms with van der Waals surface area (Å²) in [6.45, 7) is 9.32. The van der Waals surface area contributed by atoms with E-state index in [-0.39, 0.29) is 11.3 Å². The molecule has 0 aliphatic carbocycles. The van der Waals surface area contributed by atoms with E-state index in [9.17, 15) is 4.79 Å². The first-order chi connectivity index (χ1) is 14.8. The standard InChI is InChI=1S/C26H28BrNO3/c1-5-30-24-15-10-18(25(29)28-23-9-7-6-8-22(23)27)16-19(24)17-31-21-13-11-20(12-14-21)26(2,3)4/h6-16H,5,17H2,1-4H3,(H,28,29). The number of hydrogen-bond donors (Lipinski definition) is 1. The van der Waals surface area contributed by atoms with Gasteiger partial charge in [0.2, 0.25) is 0 Å². The first kappa shape index (κ1) is 22.9. The summed E-state index contributed by atoms with van der Waals surface area (Å²) >= 11 is 3.46. The highest BCUT2D eigenvalue weighted by Gasteiger charge is 2.15. The molecule has 1 N–H and O–H groups in total. The van der Waals surface area contributed by atoms with Crippen LogP contribution in [0.5, 0.6) is 11.5 Å². The van der Waals surface area contributed by atoms with Gasteiger partial charge in [-0.25, -0.2) is 0 Å². The zero-order chi connectivity index (χ0) is 22.4. The second-order valence-corrected chi connectivity index (χ2v) is 9.11. The van der Waals surface area contributed by atoms with Gasteiger partial charge in [-0.05, 0) is 76.3 Å². The maximum Gasteiger partial charge on any atom is 0.255 e. The van der Waals surface area contributed by atoms with Crippen molar-refractivity contribution >= 4 is 27.5 Å². The molecule has 0 aliphatic rings. The highest BCUT2D eigenvalue weighted by Crippen LogP contribution is 2.27. The van der Waals surface area contributed by atoms with Gasteiger partial charge in [0.1, 0.15) is 18.1 Å². The van der Waals surface area contributed by atoms with Crippen LogP contribution in [0.25, 0.3) is 0 Å². The lowest BCUT2D eigenvalue weighted by molar-refractivity contribution is 0.102. The van der Waals surface area contributed by atoms with Crippen molar-refractivity contribution in [3.63, 3.8) is 0 Å². The molecule has 3 aromatic carbocycles. The van der Waals surface area contributed by atoms with Gasteiger partial charge in [0, 0.05) is 15.6 Å². The Bertz CT molecular complexity index is 1040. The van der Waals surface area contributed by atoms with Gasteiger partial charge in [0.25, 0.3) is 5.91 Å². The van der Waals surface area contributed by atoms with E-state index in [2.05, 4.69) is 54.2 Å². The molecular weight excluding hydrogens is 454 g/mol. The van der Waals surface area contributed by atoms with Crippen molar-refractivity contribution in [3.8, 4) is 11.5 Å². The van der Waals surface area contributed by atoms with Crippen molar-refractivity contribution in [1.29, 1.82) is 0 Å². The number of para-hydroxylation sites is 1. The molecule has 0 bridgehead atoms. The third kappa shape index (κ3) is 6.11. The summed E-state index contributed by atoms with van der Waals surface area (Å²) in [5.74, 6) is 1.30. The summed E-state index contributed by atoms with van der Waals surface area (Å²) in [5, 5.41) is 2.93. The van der Waals surface area contributed by atoms with Crippen molar-refractivity contribution in [2.45, 2.75) is 39.7 Å². The van der Waals surface area contributed by atoms with Gasteiger partial charge in [0.05, 0.1) is 12.3 Å². The number of carbonyl (C=O) groups is 1. The van der Waals surface area contributed by atoms with Crippen molar-refractivity contribution in [1.82, 2.24) is 0 Å². The molecular formula is C26H28BrNO3. The van der Waals surface area contributed by atoms with Gasteiger partial charge >= 0.3 is 0 Å². The Labute approximate surface area is 192 Å². The highest BCUT2D eigenvalue weighted by atomic mass is 79.9. The average molecular weight is 482 g/mol. The topological polar surface area (TPSA) is 47.6 Å². The van der Waals surface area contributed by atoms with Gasteiger partial charge in [-0.1, -0.05) is 45.0 Å². The van der Waals surface area contributed by atoms with Gasteiger partial charge in [-0.15, -0.1) is 0 Å². The van der Waals surface area contributed by atoms with Crippen LogP contribution < -0.4 is 14.8 Å². The first-order valence-corrected chi connectivity index (χ1v) is 11.1. The Hall–Kier alpha value is -2.79. The highest BCUT2D eigenvalue weighted by molar-refractivity contribution is 9.10. The van der Waals surface area contributed by atoms with Crippen LogP contribution in [0.4, 0.5) is 5.69 Å². The lowest BCUT2D eigenvalue weighted by atomic mass is 9.87. The molecule has 0 atom stereocenters. The molecule has 162 valence electrons. The fourth-order valence-electron chi connectivity index (χ4n) is 3.10. The number of halogens is 1. The van der Waals surface area contributed by atoms with E-state index in [0.717, 1.165) is 21.5 Å². The molecule has 0 saturated heterocycles. The Balaban J connectivity index is 1.77. The van der Waals surface area contributed by atoms with Crippen LogP contribution >= 0.6 is 15.9 Å². The van der Waals surface area contributed by atoms with Crippen LogP contribution in [0.2, 0.25) is 0 Å². The third-order valence-corrected chi connectivity index (χ3v) is 5.55. The van der Waals surface area contributed by atoms with Crippen LogP contribution in [0, 0.1) is 0 Å². The molecule has 0 aromatic heterocycles. The lowest BCUT2D eigenvalue weighted by Crippen LogP contribution is -2.13. The summed E-state index contributed by atoms with van der Waals surface area (Å²) in [7, 11) is 0. The quantitative estimate of drug-likeness (QED) is 0.395. The third-order valence-electron chi connectivity index (χ3n) is 4.86. The minimum Gasteiger partial charge on any atom is -0.493 e. The van der Waals surface area contributed by atoms with Gasteiger partial charge in [-0.2, -0.15) is 0 Å². The fourth-order valence-corrected chi connectivity index (χ4v) is 3.48. The molecule has 0 unspecified atom stereocenters. The second-order valence-electron chi connectivity index (χ2n) is 8.25. The SMILES string of the molecule is CCOc1ccc(C(=O)Nc2ccccc2Br)cc1COc1ccc(C(C)(C)C)cc1.